The second-order valence-corrected chi connectivity index (χ2v) is 4.98. The molecule has 0 aliphatic rings. The third-order valence-electron chi connectivity index (χ3n) is 2.27. The number of nitrogens with zero attached hydrogens (tertiary/aromatic N) is 2. The SMILES string of the molecule is COc1ccc(-c2nc(C)sc2C#N)c(Cl)c1. The molecule has 0 fully saturated rings. The van der Waals surface area contributed by atoms with E-state index >= 15 is 0 Å². The molecular weight excluding hydrogens is 256 g/mol. The maximum atomic E-state index is 9.04. The summed E-state index contributed by atoms with van der Waals surface area (Å²) in [5.41, 5.74) is 1.40. The van der Waals surface area contributed by atoms with Crippen molar-refractivity contribution in [3.8, 4) is 23.1 Å². The molecule has 2 rings (SSSR count). The molecule has 0 N–H and O–H groups in total. The van der Waals surface area contributed by atoms with Crippen LogP contribution in [0.1, 0.15) is 9.88 Å². The third kappa shape index (κ3) is 2.26. The van der Waals surface area contributed by atoms with Gasteiger partial charge in [0, 0.05) is 5.56 Å². The first kappa shape index (κ1) is 11.9. The number of thiazole rings is 1. The summed E-state index contributed by atoms with van der Waals surface area (Å²) in [5.74, 6) is 0.684. The summed E-state index contributed by atoms with van der Waals surface area (Å²) in [5, 5.41) is 10.4. The van der Waals surface area contributed by atoms with Crippen molar-refractivity contribution in [2.24, 2.45) is 0 Å². The Hall–Kier alpha value is -1.57. The lowest BCUT2D eigenvalue weighted by molar-refractivity contribution is 0.415. The first-order chi connectivity index (χ1) is 8.15. The third-order valence-corrected chi connectivity index (χ3v) is 3.46. The highest BCUT2D eigenvalue weighted by molar-refractivity contribution is 7.12. The maximum Gasteiger partial charge on any atom is 0.132 e. The Balaban J connectivity index is 2.57. The van der Waals surface area contributed by atoms with Crippen LogP contribution < -0.4 is 4.74 Å². The normalized spacial score (nSPS) is 10.0. The van der Waals surface area contributed by atoms with Gasteiger partial charge in [-0.3, -0.25) is 0 Å². The smallest absolute Gasteiger partial charge is 0.132 e. The molecule has 2 aromatic rings. The molecule has 0 saturated heterocycles. The Morgan fingerprint density at radius 3 is 2.82 bits per heavy atom. The predicted octanol–water partition coefficient (Wildman–Crippen LogP) is 3.65. The molecule has 0 radical (unpaired) electrons. The van der Waals surface area contributed by atoms with E-state index in [4.69, 9.17) is 21.6 Å². The highest BCUT2D eigenvalue weighted by atomic mass is 35.5. The Bertz CT molecular complexity index is 601. The molecule has 0 bridgehead atoms. The molecule has 0 saturated carbocycles. The van der Waals surface area contributed by atoms with E-state index in [1.54, 1.807) is 19.2 Å². The number of hydrogen-bond acceptors (Lipinski definition) is 4. The summed E-state index contributed by atoms with van der Waals surface area (Å²) in [6.45, 7) is 1.87. The van der Waals surface area contributed by atoms with Gasteiger partial charge in [-0.1, -0.05) is 11.6 Å². The van der Waals surface area contributed by atoms with Gasteiger partial charge in [-0.25, -0.2) is 4.98 Å². The standard InChI is InChI=1S/C12H9ClN2OS/c1-7-15-12(11(6-14)17-7)9-4-3-8(16-2)5-10(9)13/h3-5H,1-2H3. The minimum absolute atomic E-state index is 0.533. The van der Waals surface area contributed by atoms with Gasteiger partial charge >= 0.3 is 0 Å². The van der Waals surface area contributed by atoms with Crippen molar-refractivity contribution in [2.45, 2.75) is 6.92 Å². The molecule has 1 aromatic carbocycles. The summed E-state index contributed by atoms with van der Waals surface area (Å²) in [4.78, 5) is 4.92. The van der Waals surface area contributed by atoms with Crippen LogP contribution in [0.3, 0.4) is 0 Å². The molecular formula is C12H9ClN2OS. The van der Waals surface area contributed by atoms with Gasteiger partial charge in [0.2, 0.25) is 0 Å². The van der Waals surface area contributed by atoms with Crippen molar-refractivity contribution in [1.29, 1.82) is 5.26 Å². The molecule has 17 heavy (non-hydrogen) atoms. The number of halogens is 1. The van der Waals surface area contributed by atoms with Gasteiger partial charge in [-0.15, -0.1) is 11.3 Å². The van der Waals surface area contributed by atoms with Crippen LogP contribution in [0.25, 0.3) is 11.3 Å². The Labute approximate surface area is 108 Å². The maximum absolute atomic E-state index is 9.04. The fourth-order valence-corrected chi connectivity index (χ4v) is 2.49. The lowest BCUT2D eigenvalue weighted by atomic mass is 10.1. The first-order valence-corrected chi connectivity index (χ1v) is 6.06. The lowest BCUT2D eigenvalue weighted by Crippen LogP contribution is -1.86. The van der Waals surface area contributed by atoms with Crippen LogP contribution >= 0.6 is 22.9 Å². The molecule has 0 aliphatic carbocycles. The van der Waals surface area contributed by atoms with Gasteiger partial charge < -0.3 is 4.74 Å². The number of hydrogen-bond donors (Lipinski definition) is 0. The van der Waals surface area contributed by atoms with E-state index in [1.165, 1.54) is 11.3 Å². The van der Waals surface area contributed by atoms with Crippen molar-refractivity contribution in [1.82, 2.24) is 4.98 Å². The first-order valence-electron chi connectivity index (χ1n) is 4.87. The Morgan fingerprint density at radius 1 is 1.47 bits per heavy atom. The van der Waals surface area contributed by atoms with Crippen LogP contribution in [0.5, 0.6) is 5.75 Å². The van der Waals surface area contributed by atoms with E-state index in [1.807, 2.05) is 13.0 Å². The second kappa shape index (κ2) is 4.74. The topological polar surface area (TPSA) is 45.9 Å². The minimum Gasteiger partial charge on any atom is -0.497 e. The Kier molecular flexibility index (Phi) is 3.32. The quantitative estimate of drug-likeness (QED) is 0.832. The van der Waals surface area contributed by atoms with E-state index < -0.39 is 0 Å². The number of aromatic nitrogens is 1. The summed E-state index contributed by atoms with van der Waals surface area (Å²) in [7, 11) is 1.58. The van der Waals surface area contributed by atoms with Gasteiger partial charge in [-0.2, -0.15) is 5.26 Å². The van der Waals surface area contributed by atoms with E-state index in [0.717, 1.165) is 10.6 Å². The predicted molar refractivity (Wildman–Crippen MR) is 68.6 cm³/mol. The van der Waals surface area contributed by atoms with E-state index in [-0.39, 0.29) is 0 Å². The number of nitriles is 1. The molecule has 0 aliphatic heterocycles. The zero-order valence-electron chi connectivity index (χ0n) is 9.32. The molecule has 3 nitrogen and oxygen atoms in total. The van der Waals surface area contributed by atoms with Crippen LogP contribution in [0.15, 0.2) is 18.2 Å². The zero-order valence-corrected chi connectivity index (χ0v) is 10.9. The van der Waals surface area contributed by atoms with Crippen LogP contribution in [0.2, 0.25) is 5.02 Å². The van der Waals surface area contributed by atoms with Crippen molar-refractivity contribution in [3.63, 3.8) is 0 Å². The second-order valence-electron chi connectivity index (χ2n) is 3.37. The van der Waals surface area contributed by atoms with Crippen LogP contribution in [0.4, 0.5) is 0 Å². The number of ether oxygens (including phenoxy) is 1. The largest absolute Gasteiger partial charge is 0.497 e. The summed E-state index contributed by atoms with van der Waals surface area (Å²) in [6, 6.07) is 7.47. The number of benzene rings is 1. The minimum atomic E-state index is 0.533. The average molecular weight is 265 g/mol. The number of aryl methyl sites for hydroxylation is 1. The van der Waals surface area contributed by atoms with Gasteiger partial charge in [0.05, 0.1) is 17.1 Å². The van der Waals surface area contributed by atoms with E-state index in [2.05, 4.69) is 11.1 Å². The molecule has 0 spiro atoms. The van der Waals surface area contributed by atoms with Crippen molar-refractivity contribution in [3.05, 3.63) is 33.1 Å². The van der Waals surface area contributed by atoms with E-state index in [9.17, 15) is 0 Å². The van der Waals surface area contributed by atoms with Crippen LogP contribution in [0, 0.1) is 18.3 Å². The molecule has 0 atom stereocenters. The molecule has 1 aromatic heterocycles. The number of methoxy groups -OCH3 is 1. The molecule has 0 amide bonds. The summed E-state index contributed by atoms with van der Waals surface area (Å²) >= 11 is 7.52. The van der Waals surface area contributed by atoms with Gasteiger partial charge in [0.15, 0.2) is 0 Å². The fraction of sp³-hybridized carbons (Fsp3) is 0.167. The van der Waals surface area contributed by atoms with Crippen molar-refractivity contribution in [2.75, 3.05) is 7.11 Å². The molecule has 5 heteroatoms. The molecule has 86 valence electrons. The fourth-order valence-electron chi connectivity index (χ4n) is 1.50. The Morgan fingerprint density at radius 2 is 2.24 bits per heavy atom. The van der Waals surface area contributed by atoms with Gasteiger partial charge in [-0.05, 0) is 25.1 Å². The molecule has 0 unspecified atom stereocenters. The van der Waals surface area contributed by atoms with Gasteiger partial charge in [0.1, 0.15) is 22.4 Å². The zero-order chi connectivity index (χ0) is 12.4. The van der Waals surface area contributed by atoms with Crippen LogP contribution in [-0.2, 0) is 0 Å². The highest BCUT2D eigenvalue weighted by Gasteiger charge is 2.14. The van der Waals surface area contributed by atoms with Crippen molar-refractivity contribution < 1.29 is 4.74 Å². The highest BCUT2D eigenvalue weighted by Crippen LogP contribution is 2.34. The summed E-state index contributed by atoms with van der Waals surface area (Å²) in [6.07, 6.45) is 0. The van der Waals surface area contributed by atoms with Crippen LogP contribution in [-0.4, -0.2) is 12.1 Å². The lowest BCUT2D eigenvalue weighted by Gasteiger charge is -2.04. The van der Waals surface area contributed by atoms with Crippen molar-refractivity contribution >= 4 is 22.9 Å². The summed E-state index contributed by atoms with van der Waals surface area (Å²) < 4.78 is 5.08. The van der Waals surface area contributed by atoms with E-state index in [0.29, 0.717) is 21.3 Å². The molecule has 1 heterocycles. The average Bonchev–Trinajstić information content (AvgIpc) is 2.70. The number of rotatable bonds is 2. The monoisotopic (exact) mass is 264 g/mol. The van der Waals surface area contributed by atoms with Gasteiger partial charge in [0.25, 0.3) is 0 Å².